The SMILES string of the molecule is N[C@H](CCNCc1cccc(C(F)(F)F)c1)Cc1ccccc1. The van der Waals surface area contributed by atoms with Gasteiger partial charge in [-0.15, -0.1) is 0 Å². The monoisotopic (exact) mass is 322 g/mol. The highest BCUT2D eigenvalue weighted by Crippen LogP contribution is 2.29. The lowest BCUT2D eigenvalue weighted by Gasteiger charge is -2.13. The summed E-state index contributed by atoms with van der Waals surface area (Å²) in [5.41, 5.74) is 7.28. The van der Waals surface area contributed by atoms with Crippen LogP contribution in [-0.4, -0.2) is 12.6 Å². The van der Waals surface area contributed by atoms with Gasteiger partial charge in [0.05, 0.1) is 5.56 Å². The number of alkyl halides is 3. The van der Waals surface area contributed by atoms with Crippen molar-refractivity contribution in [1.29, 1.82) is 0 Å². The van der Waals surface area contributed by atoms with Crippen LogP contribution in [0.3, 0.4) is 0 Å². The molecule has 0 fully saturated rings. The molecule has 0 saturated heterocycles. The van der Waals surface area contributed by atoms with Crippen molar-refractivity contribution in [3.05, 3.63) is 71.3 Å². The Kier molecular flexibility index (Phi) is 6.19. The summed E-state index contributed by atoms with van der Waals surface area (Å²) in [7, 11) is 0. The molecule has 0 aliphatic rings. The zero-order chi connectivity index (χ0) is 16.7. The van der Waals surface area contributed by atoms with E-state index in [2.05, 4.69) is 5.32 Å². The first kappa shape index (κ1) is 17.5. The summed E-state index contributed by atoms with van der Waals surface area (Å²) in [5, 5.41) is 3.15. The van der Waals surface area contributed by atoms with E-state index in [1.807, 2.05) is 30.3 Å². The van der Waals surface area contributed by atoms with Crippen LogP contribution in [0, 0.1) is 0 Å². The number of nitrogens with two attached hydrogens (primary N) is 1. The van der Waals surface area contributed by atoms with Gasteiger partial charge < -0.3 is 11.1 Å². The van der Waals surface area contributed by atoms with Crippen molar-refractivity contribution in [3.63, 3.8) is 0 Å². The van der Waals surface area contributed by atoms with Gasteiger partial charge in [0, 0.05) is 12.6 Å². The molecule has 0 heterocycles. The molecule has 5 heteroatoms. The molecule has 0 radical (unpaired) electrons. The lowest BCUT2D eigenvalue weighted by molar-refractivity contribution is -0.137. The molecule has 3 N–H and O–H groups in total. The third-order valence-electron chi connectivity index (χ3n) is 3.62. The molecule has 0 bridgehead atoms. The van der Waals surface area contributed by atoms with Crippen LogP contribution < -0.4 is 11.1 Å². The Hall–Kier alpha value is -1.85. The largest absolute Gasteiger partial charge is 0.416 e. The van der Waals surface area contributed by atoms with Gasteiger partial charge in [-0.3, -0.25) is 0 Å². The molecular weight excluding hydrogens is 301 g/mol. The number of nitrogens with one attached hydrogen (secondary N) is 1. The highest BCUT2D eigenvalue weighted by molar-refractivity contribution is 5.25. The maximum absolute atomic E-state index is 12.6. The molecule has 0 spiro atoms. The Labute approximate surface area is 134 Å². The number of benzene rings is 2. The second-order valence-corrected chi connectivity index (χ2v) is 5.61. The summed E-state index contributed by atoms with van der Waals surface area (Å²) in [4.78, 5) is 0. The molecule has 0 aliphatic carbocycles. The average Bonchev–Trinajstić information content (AvgIpc) is 2.52. The van der Waals surface area contributed by atoms with E-state index in [0.717, 1.165) is 18.9 Å². The van der Waals surface area contributed by atoms with Crippen LogP contribution in [0.25, 0.3) is 0 Å². The highest BCUT2D eigenvalue weighted by atomic mass is 19.4. The van der Waals surface area contributed by atoms with Crippen LogP contribution in [0.15, 0.2) is 54.6 Å². The van der Waals surface area contributed by atoms with E-state index in [4.69, 9.17) is 5.73 Å². The van der Waals surface area contributed by atoms with Gasteiger partial charge in [-0.25, -0.2) is 0 Å². The normalized spacial score (nSPS) is 13.0. The van der Waals surface area contributed by atoms with Crippen LogP contribution in [0.5, 0.6) is 0 Å². The standard InChI is InChI=1S/C18H21F3N2/c19-18(20,21)16-8-4-7-15(11-16)13-23-10-9-17(22)12-14-5-2-1-3-6-14/h1-8,11,17,23H,9-10,12-13,22H2/t17-/m1/s1. The Morgan fingerprint density at radius 1 is 0.957 bits per heavy atom. The second kappa shape index (κ2) is 8.13. The Balaban J connectivity index is 1.73. The van der Waals surface area contributed by atoms with Crippen molar-refractivity contribution < 1.29 is 13.2 Å². The minimum absolute atomic E-state index is 0.0337. The van der Waals surface area contributed by atoms with Gasteiger partial charge in [-0.1, -0.05) is 48.5 Å². The van der Waals surface area contributed by atoms with Gasteiger partial charge in [0.25, 0.3) is 0 Å². The highest BCUT2D eigenvalue weighted by Gasteiger charge is 2.30. The zero-order valence-corrected chi connectivity index (χ0v) is 12.8. The maximum atomic E-state index is 12.6. The lowest BCUT2D eigenvalue weighted by Crippen LogP contribution is -2.28. The van der Waals surface area contributed by atoms with E-state index in [-0.39, 0.29) is 6.04 Å². The van der Waals surface area contributed by atoms with Gasteiger partial charge in [-0.2, -0.15) is 13.2 Å². The van der Waals surface area contributed by atoms with Gasteiger partial charge in [0.1, 0.15) is 0 Å². The number of halogens is 3. The van der Waals surface area contributed by atoms with Crippen LogP contribution in [0.1, 0.15) is 23.1 Å². The molecule has 0 aromatic heterocycles. The first-order valence-corrected chi connectivity index (χ1v) is 7.61. The van der Waals surface area contributed by atoms with Gasteiger partial charge in [0.15, 0.2) is 0 Å². The molecule has 124 valence electrons. The minimum atomic E-state index is -4.30. The number of hydrogen-bond donors (Lipinski definition) is 2. The van der Waals surface area contributed by atoms with E-state index in [1.54, 1.807) is 6.07 Å². The third-order valence-corrected chi connectivity index (χ3v) is 3.62. The van der Waals surface area contributed by atoms with Crippen molar-refractivity contribution in [1.82, 2.24) is 5.32 Å². The molecule has 0 amide bonds. The average molecular weight is 322 g/mol. The summed E-state index contributed by atoms with van der Waals surface area (Å²) in [6.07, 6.45) is -2.73. The van der Waals surface area contributed by atoms with E-state index in [1.165, 1.54) is 17.7 Å². The lowest BCUT2D eigenvalue weighted by atomic mass is 10.0. The Morgan fingerprint density at radius 3 is 2.35 bits per heavy atom. The number of hydrogen-bond acceptors (Lipinski definition) is 2. The van der Waals surface area contributed by atoms with Gasteiger partial charge >= 0.3 is 6.18 Å². The Morgan fingerprint density at radius 2 is 1.65 bits per heavy atom. The topological polar surface area (TPSA) is 38.0 Å². The number of rotatable bonds is 7. The smallest absolute Gasteiger partial charge is 0.327 e. The molecule has 2 aromatic carbocycles. The van der Waals surface area contributed by atoms with Crippen molar-refractivity contribution in [3.8, 4) is 0 Å². The molecule has 2 nitrogen and oxygen atoms in total. The molecule has 0 unspecified atom stereocenters. The summed E-state index contributed by atoms with van der Waals surface area (Å²) < 4.78 is 37.9. The molecule has 0 aliphatic heterocycles. The maximum Gasteiger partial charge on any atom is 0.416 e. The fraction of sp³-hybridized carbons (Fsp3) is 0.333. The van der Waals surface area contributed by atoms with Crippen molar-refractivity contribution in [2.75, 3.05) is 6.54 Å². The Bertz CT molecular complexity index is 597. The van der Waals surface area contributed by atoms with Gasteiger partial charge in [-0.05, 0) is 36.6 Å². The molecule has 23 heavy (non-hydrogen) atoms. The fourth-order valence-electron chi connectivity index (χ4n) is 2.40. The van der Waals surface area contributed by atoms with Crippen LogP contribution in [0.4, 0.5) is 13.2 Å². The molecule has 0 saturated carbocycles. The summed E-state index contributed by atoms with van der Waals surface area (Å²) in [6, 6.07) is 15.4. The van der Waals surface area contributed by atoms with E-state index >= 15 is 0 Å². The van der Waals surface area contributed by atoms with Crippen molar-refractivity contribution in [2.24, 2.45) is 5.73 Å². The second-order valence-electron chi connectivity index (χ2n) is 5.61. The van der Waals surface area contributed by atoms with E-state index < -0.39 is 11.7 Å². The van der Waals surface area contributed by atoms with E-state index in [9.17, 15) is 13.2 Å². The predicted octanol–water partition coefficient (Wildman–Crippen LogP) is 3.76. The molecule has 2 aromatic rings. The summed E-state index contributed by atoms with van der Waals surface area (Å²) in [5.74, 6) is 0. The van der Waals surface area contributed by atoms with Gasteiger partial charge in [0.2, 0.25) is 0 Å². The van der Waals surface area contributed by atoms with Crippen molar-refractivity contribution >= 4 is 0 Å². The van der Waals surface area contributed by atoms with Crippen LogP contribution in [-0.2, 0) is 19.1 Å². The fourth-order valence-corrected chi connectivity index (χ4v) is 2.40. The summed E-state index contributed by atoms with van der Waals surface area (Å²) in [6.45, 7) is 1.08. The minimum Gasteiger partial charge on any atom is -0.327 e. The third kappa shape index (κ3) is 6.04. The first-order chi connectivity index (χ1) is 10.9. The van der Waals surface area contributed by atoms with Crippen LogP contribution >= 0.6 is 0 Å². The van der Waals surface area contributed by atoms with E-state index in [0.29, 0.717) is 18.7 Å². The molecule has 2 rings (SSSR count). The quantitative estimate of drug-likeness (QED) is 0.762. The summed E-state index contributed by atoms with van der Waals surface area (Å²) >= 11 is 0. The molecular formula is C18H21F3N2. The first-order valence-electron chi connectivity index (χ1n) is 7.61. The zero-order valence-electron chi connectivity index (χ0n) is 12.8. The van der Waals surface area contributed by atoms with Crippen molar-refractivity contribution in [2.45, 2.75) is 31.6 Å². The predicted molar refractivity (Wildman–Crippen MR) is 85.9 cm³/mol. The molecule has 1 atom stereocenters. The van der Waals surface area contributed by atoms with Crippen LogP contribution in [0.2, 0.25) is 0 Å².